The van der Waals surface area contributed by atoms with E-state index in [1.165, 1.54) is 72.0 Å². The fourth-order valence-electron chi connectivity index (χ4n) is 4.86. The first-order valence-corrected chi connectivity index (χ1v) is 11.1. The van der Waals surface area contributed by atoms with Gasteiger partial charge in [-0.25, -0.2) is 0 Å². The number of fused-ring (bicyclic) bond motifs is 2. The highest BCUT2D eigenvalue weighted by Crippen LogP contribution is 2.27. The van der Waals surface area contributed by atoms with E-state index in [2.05, 4.69) is 75.8 Å². The molecule has 0 saturated carbocycles. The van der Waals surface area contributed by atoms with Crippen molar-refractivity contribution in [2.45, 2.75) is 32.4 Å². The van der Waals surface area contributed by atoms with E-state index in [0.29, 0.717) is 0 Å². The maximum Gasteiger partial charge on any atom is 0.0446 e. The highest BCUT2D eigenvalue weighted by atomic mass is 15.3. The second-order valence-electron chi connectivity index (χ2n) is 8.49. The van der Waals surface area contributed by atoms with E-state index in [0.717, 1.165) is 26.2 Å². The Morgan fingerprint density at radius 2 is 1.59 bits per heavy atom. The lowest BCUT2D eigenvalue weighted by atomic mass is 10.0. The minimum Gasteiger partial charge on any atom is -0.368 e. The topological polar surface area (TPSA) is 18.5 Å². The van der Waals surface area contributed by atoms with Gasteiger partial charge >= 0.3 is 0 Å². The summed E-state index contributed by atoms with van der Waals surface area (Å²) in [5.41, 5.74) is 5.90. The second-order valence-corrected chi connectivity index (χ2v) is 8.49. The summed E-state index contributed by atoms with van der Waals surface area (Å²) >= 11 is 0. The average Bonchev–Trinajstić information content (AvgIpc) is 3.25. The minimum absolute atomic E-state index is 1.04. The van der Waals surface area contributed by atoms with Gasteiger partial charge < -0.3 is 10.2 Å². The van der Waals surface area contributed by atoms with Crippen LogP contribution in [-0.2, 0) is 19.5 Å². The summed E-state index contributed by atoms with van der Waals surface area (Å²) in [4.78, 5) is 5.21. The Hall–Kier alpha value is -2.36. The van der Waals surface area contributed by atoms with Crippen LogP contribution in [0.3, 0.4) is 0 Å². The first-order chi connectivity index (χ1) is 14.4. The molecule has 3 aromatic rings. The molecule has 5 rings (SSSR count). The van der Waals surface area contributed by atoms with Crippen LogP contribution in [0.5, 0.6) is 0 Å². The van der Waals surface area contributed by atoms with Crippen LogP contribution in [0.2, 0.25) is 0 Å². The number of unbranched alkanes of at least 4 members (excludes halogenated alkanes) is 1. The van der Waals surface area contributed by atoms with Crippen LogP contribution in [0.4, 0.5) is 5.69 Å². The summed E-state index contributed by atoms with van der Waals surface area (Å²) < 4.78 is 0. The van der Waals surface area contributed by atoms with Crippen molar-refractivity contribution in [3.05, 3.63) is 77.4 Å². The van der Waals surface area contributed by atoms with Gasteiger partial charge in [-0.05, 0) is 54.0 Å². The molecule has 1 fully saturated rings. The van der Waals surface area contributed by atoms with E-state index >= 15 is 0 Å². The zero-order chi connectivity index (χ0) is 19.5. The standard InChI is InChI=1S/C26H31N3/c1-2-9-25-22(7-1)8-5-10-26(25)29-16-14-28(15-17-29)13-4-3-6-21-11-12-23-19-27-20-24(23)18-21/h1-2,5,7-12,18,27H,3-4,6,13-17,19-20H2. The number of nitrogens with zero attached hydrogens (tertiary/aromatic N) is 2. The molecule has 0 atom stereocenters. The maximum absolute atomic E-state index is 3.44. The molecule has 0 unspecified atom stereocenters. The molecule has 0 aromatic heterocycles. The zero-order valence-electron chi connectivity index (χ0n) is 17.2. The summed E-state index contributed by atoms with van der Waals surface area (Å²) in [6.45, 7) is 7.93. The summed E-state index contributed by atoms with van der Waals surface area (Å²) in [7, 11) is 0. The molecule has 3 aromatic carbocycles. The molecule has 0 radical (unpaired) electrons. The van der Waals surface area contributed by atoms with Gasteiger partial charge in [-0.1, -0.05) is 54.6 Å². The highest BCUT2D eigenvalue weighted by molar-refractivity contribution is 5.94. The van der Waals surface area contributed by atoms with Gasteiger partial charge in [-0.3, -0.25) is 4.90 Å². The van der Waals surface area contributed by atoms with Gasteiger partial charge in [0.15, 0.2) is 0 Å². The van der Waals surface area contributed by atoms with E-state index in [-0.39, 0.29) is 0 Å². The van der Waals surface area contributed by atoms with E-state index < -0.39 is 0 Å². The molecule has 1 N–H and O–H groups in total. The van der Waals surface area contributed by atoms with Crippen LogP contribution in [0, 0.1) is 0 Å². The monoisotopic (exact) mass is 385 g/mol. The van der Waals surface area contributed by atoms with Gasteiger partial charge in [0, 0.05) is 50.3 Å². The number of hydrogen-bond acceptors (Lipinski definition) is 3. The Labute approximate surface area is 174 Å². The van der Waals surface area contributed by atoms with Crippen molar-refractivity contribution in [3.63, 3.8) is 0 Å². The van der Waals surface area contributed by atoms with Gasteiger partial charge in [0.05, 0.1) is 0 Å². The van der Waals surface area contributed by atoms with Crippen LogP contribution in [0.15, 0.2) is 60.7 Å². The highest BCUT2D eigenvalue weighted by Gasteiger charge is 2.18. The third-order valence-electron chi connectivity index (χ3n) is 6.57. The predicted octanol–water partition coefficient (Wildman–Crippen LogP) is 4.59. The third kappa shape index (κ3) is 4.17. The van der Waals surface area contributed by atoms with Crippen molar-refractivity contribution in [3.8, 4) is 0 Å². The fourth-order valence-corrected chi connectivity index (χ4v) is 4.86. The van der Waals surface area contributed by atoms with Gasteiger partial charge in [0.25, 0.3) is 0 Å². The van der Waals surface area contributed by atoms with Crippen molar-refractivity contribution >= 4 is 16.5 Å². The first kappa shape index (κ1) is 18.7. The Bertz CT molecular complexity index is 967. The van der Waals surface area contributed by atoms with E-state index in [1.807, 2.05) is 0 Å². The fraction of sp³-hybridized carbons (Fsp3) is 0.385. The van der Waals surface area contributed by atoms with Crippen molar-refractivity contribution in [2.75, 3.05) is 37.6 Å². The lowest BCUT2D eigenvalue weighted by molar-refractivity contribution is 0.253. The Morgan fingerprint density at radius 3 is 2.52 bits per heavy atom. The number of anilines is 1. The van der Waals surface area contributed by atoms with Crippen molar-refractivity contribution in [2.24, 2.45) is 0 Å². The van der Waals surface area contributed by atoms with Gasteiger partial charge in [-0.2, -0.15) is 0 Å². The third-order valence-corrected chi connectivity index (χ3v) is 6.57. The number of nitrogens with one attached hydrogen (secondary N) is 1. The summed E-state index contributed by atoms with van der Waals surface area (Å²) in [6, 6.07) is 22.5. The van der Waals surface area contributed by atoms with E-state index in [4.69, 9.17) is 0 Å². The Kier molecular flexibility index (Phi) is 5.51. The largest absolute Gasteiger partial charge is 0.368 e. The molecule has 2 aliphatic rings. The van der Waals surface area contributed by atoms with Crippen LogP contribution in [0.1, 0.15) is 29.5 Å². The maximum atomic E-state index is 3.44. The Morgan fingerprint density at radius 1 is 0.759 bits per heavy atom. The second kappa shape index (κ2) is 8.56. The predicted molar refractivity (Wildman–Crippen MR) is 123 cm³/mol. The molecule has 150 valence electrons. The van der Waals surface area contributed by atoms with Crippen molar-refractivity contribution in [1.82, 2.24) is 10.2 Å². The number of piperazine rings is 1. The first-order valence-electron chi connectivity index (χ1n) is 11.1. The molecule has 3 nitrogen and oxygen atoms in total. The summed E-state index contributed by atoms with van der Waals surface area (Å²) in [5, 5.41) is 6.16. The van der Waals surface area contributed by atoms with Crippen molar-refractivity contribution in [1.29, 1.82) is 0 Å². The molecule has 29 heavy (non-hydrogen) atoms. The molecule has 0 bridgehead atoms. The van der Waals surface area contributed by atoms with Crippen LogP contribution >= 0.6 is 0 Å². The van der Waals surface area contributed by atoms with Crippen LogP contribution in [-0.4, -0.2) is 37.6 Å². The smallest absolute Gasteiger partial charge is 0.0446 e. The molecule has 0 spiro atoms. The van der Waals surface area contributed by atoms with E-state index in [1.54, 1.807) is 0 Å². The summed E-state index contributed by atoms with van der Waals surface area (Å²) in [5.74, 6) is 0. The van der Waals surface area contributed by atoms with Gasteiger partial charge in [-0.15, -0.1) is 0 Å². The average molecular weight is 386 g/mol. The molecule has 2 heterocycles. The SMILES string of the molecule is c1ccc2c(N3CCN(CCCCc4ccc5c(c4)CNC5)CC3)cccc2c1. The molecule has 3 heteroatoms. The number of rotatable bonds is 6. The number of aryl methyl sites for hydroxylation is 1. The molecule has 0 aliphatic carbocycles. The lowest BCUT2D eigenvalue weighted by Crippen LogP contribution is -2.46. The normalized spacial score (nSPS) is 17.0. The summed E-state index contributed by atoms with van der Waals surface area (Å²) in [6.07, 6.45) is 3.79. The number of benzene rings is 3. The lowest BCUT2D eigenvalue weighted by Gasteiger charge is -2.36. The molecule has 1 saturated heterocycles. The molecule has 0 amide bonds. The van der Waals surface area contributed by atoms with E-state index in [9.17, 15) is 0 Å². The Balaban J connectivity index is 1.09. The molecular formula is C26H31N3. The van der Waals surface area contributed by atoms with Crippen LogP contribution < -0.4 is 10.2 Å². The van der Waals surface area contributed by atoms with Crippen LogP contribution in [0.25, 0.3) is 10.8 Å². The molecular weight excluding hydrogens is 354 g/mol. The van der Waals surface area contributed by atoms with Gasteiger partial charge in [0.1, 0.15) is 0 Å². The molecule has 2 aliphatic heterocycles. The quantitative estimate of drug-likeness (QED) is 0.626. The van der Waals surface area contributed by atoms with Crippen molar-refractivity contribution < 1.29 is 0 Å². The number of hydrogen-bond donors (Lipinski definition) is 1. The minimum atomic E-state index is 1.04. The van der Waals surface area contributed by atoms with Gasteiger partial charge in [0.2, 0.25) is 0 Å². The zero-order valence-corrected chi connectivity index (χ0v) is 17.2.